The second-order valence-corrected chi connectivity index (χ2v) is 4.95. The zero-order valence-electron chi connectivity index (χ0n) is 10.9. The van der Waals surface area contributed by atoms with Gasteiger partial charge in [-0.3, -0.25) is 4.79 Å². The Morgan fingerprint density at radius 1 is 1.24 bits per heavy atom. The van der Waals surface area contributed by atoms with Gasteiger partial charge in [-0.05, 0) is 22.4 Å². The molecule has 2 aromatic rings. The van der Waals surface area contributed by atoms with E-state index in [2.05, 4.69) is 25.6 Å². The van der Waals surface area contributed by atoms with E-state index < -0.39 is 5.91 Å². The van der Waals surface area contributed by atoms with Gasteiger partial charge in [0.25, 0.3) is 5.91 Å². The lowest BCUT2D eigenvalue weighted by Crippen LogP contribution is -2.32. The minimum absolute atomic E-state index is 0.0239. The highest BCUT2D eigenvalue weighted by atomic mass is 35.5. The summed E-state index contributed by atoms with van der Waals surface area (Å²) in [5.74, 6) is -0.477. The molecule has 0 aliphatic heterocycles. The number of nitrogens with two attached hydrogens (primary N) is 1. The van der Waals surface area contributed by atoms with Crippen molar-refractivity contribution >= 4 is 34.9 Å². The summed E-state index contributed by atoms with van der Waals surface area (Å²) in [6.45, 7) is 1.41. The number of anilines is 1. The number of nitrogens with one attached hydrogen (secondary N) is 2. The van der Waals surface area contributed by atoms with E-state index in [-0.39, 0.29) is 11.5 Å². The molecular weight excluding hydrogens is 317 g/mol. The minimum atomic E-state index is -0.439. The molecule has 0 aliphatic rings. The van der Waals surface area contributed by atoms with Gasteiger partial charge in [0.15, 0.2) is 0 Å². The molecule has 4 N–H and O–H groups in total. The van der Waals surface area contributed by atoms with Crippen molar-refractivity contribution in [3.8, 4) is 0 Å². The minimum Gasteiger partial charge on any atom is -0.379 e. The van der Waals surface area contributed by atoms with Crippen LogP contribution in [0.5, 0.6) is 0 Å². The summed E-state index contributed by atoms with van der Waals surface area (Å²) in [5, 5.41) is 13.7. The Kier molecular flexibility index (Phi) is 5.38. The molecular formula is C12H13Cl2N5O2. The molecule has 0 bridgehead atoms. The summed E-state index contributed by atoms with van der Waals surface area (Å²) in [6.07, 6.45) is 0. The van der Waals surface area contributed by atoms with Crippen LogP contribution in [0.15, 0.2) is 22.8 Å². The van der Waals surface area contributed by atoms with Gasteiger partial charge in [-0.2, -0.15) is 0 Å². The van der Waals surface area contributed by atoms with Crippen LogP contribution >= 0.6 is 23.2 Å². The molecule has 1 aromatic carbocycles. The molecule has 0 aliphatic carbocycles. The van der Waals surface area contributed by atoms with Gasteiger partial charge in [0, 0.05) is 35.2 Å². The number of nitrogen functional groups attached to an aromatic ring is 1. The Balaban J connectivity index is 1.73. The lowest BCUT2D eigenvalue weighted by atomic mass is 10.2. The first-order valence-electron chi connectivity index (χ1n) is 6.09. The molecule has 0 spiro atoms. The Bertz CT molecular complexity index is 612. The van der Waals surface area contributed by atoms with Crippen molar-refractivity contribution in [2.45, 2.75) is 6.54 Å². The van der Waals surface area contributed by atoms with Gasteiger partial charge >= 0.3 is 0 Å². The predicted molar refractivity (Wildman–Crippen MR) is 79.2 cm³/mol. The second-order valence-electron chi connectivity index (χ2n) is 4.13. The van der Waals surface area contributed by atoms with E-state index in [1.807, 2.05) is 0 Å². The number of hydrogen-bond acceptors (Lipinski definition) is 6. The lowest BCUT2D eigenvalue weighted by molar-refractivity contribution is 0.0944. The Morgan fingerprint density at radius 3 is 2.57 bits per heavy atom. The predicted octanol–water partition coefficient (Wildman–Crippen LogP) is 1.48. The van der Waals surface area contributed by atoms with Crippen molar-refractivity contribution in [2.24, 2.45) is 0 Å². The summed E-state index contributed by atoms with van der Waals surface area (Å²) < 4.78 is 4.35. The fourth-order valence-corrected chi connectivity index (χ4v) is 2.15. The largest absolute Gasteiger partial charge is 0.379 e. The van der Waals surface area contributed by atoms with Crippen molar-refractivity contribution in [2.75, 3.05) is 18.8 Å². The van der Waals surface area contributed by atoms with E-state index in [1.54, 1.807) is 18.2 Å². The molecule has 1 heterocycles. The van der Waals surface area contributed by atoms with E-state index in [4.69, 9.17) is 28.9 Å². The van der Waals surface area contributed by atoms with E-state index in [0.29, 0.717) is 29.7 Å². The molecule has 7 nitrogen and oxygen atoms in total. The van der Waals surface area contributed by atoms with Crippen LogP contribution < -0.4 is 16.4 Å². The number of carbonyl (C=O) groups excluding carboxylic acids is 1. The summed E-state index contributed by atoms with van der Waals surface area (Å²) in [5.41, 5.74) is 6.20. The van der Waals surface area contributed by atoms with Crippen LogP contribution in [0.25, 0.3) is 0 Å². The Hall–Kier alpha value is -1.83. The highest BCUT2D eigenvalue weighted by molar-refractivity contribution is 6.35. The van der Waals surface area contributed by atoms with E-state index in [9.17, 15) is 4.79 Å². The Labute approximate surface area is 130 Å². The highest BCUT2D eigenvalue weighted by Crippen LogP contribution is 2.23. The average Bonchev–Trinajstić information content (AvgIpc) is 2.87. The summed E-state index contributed by atoms with van der Waals surface area (Å²) in [6, 6.07) is 5.32. The third-order valence-electron chi connectivity index (χ3n) is 2.68. The van der Waals surface area contributed by atoms with Crippen LogP contribution in [0.3, 0.4) is 0 Å². The number of aromatic nitrogens is 2. The third-order valence-corrected chi connectivity index (χ3v) is 3.39. The fraction of sp³-hybridized carbons (Fsp3) is 0.250. The maximum Gasteiger partial charge on any atom is 0.277 e. The zero-order chi connectivity index (χ0) is 15.2. The second kappa shape index (κ2) is 7.26. The van der Waals surface area contributed by atoms with Crippen LogP contribution in [-0.4, -0.2) is 29.3 Å². The SMILES string of the molecule is Nc1nonc1C(=O)NCCNCc1c(Cl)cccc1Cl. The molecule has 0 fully saturated rings. The van der Waals surface area contributed by atoms with Gasteiger partial charge in [-0.1, -0.05) is 29.3 Å². The number of halogens is 2. The van der Waals surface area contributed by atoms with Crippen molar-refractivity contribution in [3.63, 3.8) is 0 Å². The molecule has 0 saturated carbocycles. The molecule has 1 aromatic heterocycles. The first-order valence-corrected chi connectivity index (χ1v) is 6.85. The summed E-state index contributed by atoms with van der Waals surface area (Å²) in [7, 11) is 0. The number of nitrogens with zero attached hydrogens (tertiary/aromatic N) is 2. The lowest BCUT2D eigenvalue weighted by Gasteiger charge is -2.09. The van der Waals surface area contributed by atoms with Crippen LogP contribution in [0.2, 0.25) is 10.0 Å². The molecule has 0 atom stereocenters. The molecule has 21 heavy (non-hydrogen) atoms. The van der Waals surface area contributed by atoms with Crippen LogP contribution in [-0.2, 0) is 6.54 Å². The maximum atomic E-state index is 11.6. The monoisotopic (exact) mass is 329 g/mol. The van der Waals surface area contributed by atoms with Crippen molar-refractivity contribution < 1.29 is 9.42 Å². The van der Waals surface area contributed by atoms with E-state index in [0.717, 1.165) is 5.56 Å². The number of benzene rings is 1. The van der Waals surface area contributed by atoms with Crippen molar-refractivity contribution in [1.82, 2.24) is 20.9 Å². The van der Waals surface area contributed by atoms with Gasteiger partial charge in [-0.25, -0.2) is 4.63 Å². The molecule has 2 rings (SSSR count). The van der Waals surface area contributed by atoms with Gasteiger partial charge in [0.1, 0.15) is 0 Å². The number of carbonyl (C=O) groups is 1. The molecule has 9 heteroatoms. The average molecular weight is 330 g/mol. The van der Waals surface area contributed by atoms with Gasteiger partial charge in [-0.15, -0.1) is 0 Å². The van der Waals surface area contributed by atoms with Crippen molar-refractivity contribution in [3.05, 3.63) is 39.5 Å². The van der Waals surface area contributed by atoms with Crippen LogP contribution in [0, 0.1) is 0 Å². The number of hydrogen-bond donors (Lipinski definition) is 3. The smallest absolute Gasteiger partial charge is 0.277 e. The highest BCUT2D eigenvalue weighted by Gasteiger charge is 2.14. The van der Waals surface area contributed by atoms with Gasteiger partial charge in [0.2, 0.25) is 11.5 Å². The van der Waals surface area contributed by atoms with Crippen LogP contribution in [0.4, 0.5) is 5.82 Å². The molecule has 1 amide bonds. The number of rotatable bonds is 6. The standard InChI is InChI=1S/C12H13Cl2N5O2/c13-8-2-1-3-9(14)7(8)6-16-4-5-17-12(20)10-11(15)19-21-18-10/h1-3,16H,4-6H2,(H2,15,19)(H,17,20). The van der Waals surface area contributed by atoms with E-state index in [1.165, 1.54) is 0 Å². The zero-order valence-corrected chi connectivity index (χ0v) is 12.4. The molecule has 0 saturated heterocycles. The van der Waals surface area contributed by atoms with Gasteiger partial charge in [0.05, 0.1) is 0 Å². The first kappa shape index (κ1) is 15.6. The van der Waals surface area contributed by atoms with Gasteiger partial charge < -0.3 is 16.4 Å². The van der Waals surface area contributed by atoms with Crippen molar-refractivity contribution in [1.29, 1.82) is 0 Å². The van der Waals surface area contributed by atoms with E-state index >= 15 is 0 Å². The molecule has 0 radical (unpaired) electrons. The third kappa shape index (κ3) is 4.07. The molecule has 112 valence electrons. The summed E-state index contributed by atoms with van der Waals surface area (Å²) in [4.78, 5) is 11.6. The normalized spacial score (nSPS) is 10.6. The topological polar surface area (TPSA) is 106 Å². The fourth-order valence-electron chi connectivity index (χ4n) is 1.62. The first-order chi connectivity index (χ1) is 10.1. The quantitative estimate of drug-likeness (QED) is 0.693. The summed E-state index contributed by atoms with van der Waals surface area (Å²) >= 11 is 12.1. The molecule has 0 unspecified atom stereocenters. The maximum absolute atomic E-state index is 11.6. The Morgan fingerprint density at radius 2 is 1.95 bits per heavy atom. The number of amides is 1. The van der Waals surface area contributed by atoms with Crippen LogP contribution in [0.1, 0.15) is 16.1 Å².